The number of aryl methyl sites for hydroxylation is 1. The highest BCUT2D eigenvalue weighted by atomic mass is 16.2. The Balaban J connectivity index is 1.52. The third-order valence-electron chi connectivity index (χ3n) is 5.44. The Kier molecular flexibility index (Phi) is 4.86. The zero-order valence-corrected chi connectivity index (χ0v) is 16.6. The molecule has 0 amide bonds. The first-order valence-electron chi connectivity index (χ1n) is 9.81. The quantitative estimate of drug-likeness (QED) is 0.641. The zero-order valence-electron chi connectivity index (χ0n) is 16.6. The zero-order chi connectivity index (χ0) is 20.6. The van der Waals surface area contributed by atoms with E-state index in [0.29, 0.717) is 42.6 Å². The summed E-state index contributed by atoms with van der Waals surface area (Å²) in [5, 5.41) is 2.90. The molecule has 0 atom stereocenters. The molecule has 1 N–H and O–H groups in total. The van der Waals surface area contributed by atoms with Crippen LogP contribution in [0.15, 0.2) is 48.3 Å². The van der Waals surface area contributed by atoms with E-state index in [0.717, 1.165) is 11.3 Å². The van der Waals surface area contributed by atoms with Gasteiger partial charge in [-0.05, 0) is 18.3 Å². The molecule has 0 saturated heterocycles. The highest BCUT2D eigenvalue weighted by Crippen LogP contribution is 2.31. The van der Waals surface area contributed by atoms with Gasteiger partial charge >= 0.3 is 0 Å². The maximum absolute atomic E-state index is 12.8. The van der Waals surface area contributed by atoms with Crippen LogP contribution in [0.5, 0.6) is 0 Å². The van der Waals surface area contributed by atoms with Crippen molar-refractivity contribution in [1.29, 1.82) is 0 Å². The lowest BCUT2D eigenvalue weighted by molar-refractivity contribution is -0.136. The van der Waals surface area contributed by atoms with Crippen molar-refractivity contribution in [2.45, 2.75) is 45.6 Å². The van der Waals surface area contributed by atoms with Crippen LogP contribution in [0, 0.1) is 5.41 Å². The molecule has 0 bridgehead atoms. The van der Waals surface area contributed by atoms with E-state index in [1.54, 1.807) is 6.20 Å². The van der Waals surface area contributed by atoms with Crippen LogP contribution >= 0.6 is 0 Å². The van der Waals surface area contributed by atoms with Crippen LogP contribution in [0.25, 0.3) is 11.4 Å². The first-order chi connectivity index (χ1) is 13.8. The van der Waals surface area contributed by atoms with Gasteiger partial charge in [0, 0.05) is 36.4 Å². The molecular formula is C23H23N3O3. The Morgan fingerprint density at radius 3 is 2.41 bits per heavy atom. The highest BCUT2D eigenvalue weighted by Gasteiger charge is 2.39. The normalized spacial score (nSPS) is 20.6. The van der Waals surface area contributed by atoms with E-state index in [2.05, 4.69) is 15.3 Å². The Morgan fingerprint density at radius 1 is 1.03 bits per heavy atom. The standard InChI is InChI=1S/C23H23N3O3/c1-23(2)10-18(27)20(19(28)11-23)24-12-15-8-9-17-16(21(15)29)13-25-22(26-17)14-6-4-3-5-7-14/h3-7,12-13,20,24H,8-11H2,1-2H3/b15-12+. The first-order valence-corrected chi connectivity index (χ1v) is 9.81. The number of ketones is 3. The fraction of sp³-hybridized carbons (Fsp3) is 0.348. The van der Waals surface area contributed by atoms with Gasteiger partial charge in [-0.2, -0.15) is 0 Å². The SMILES string of the molecule is CC1(C)CC(=O)C(N/C=C2\CCc3nc(-c4ccccc4)ncc3C2=O)C(=O)C1. The first kappa shape index (κ1) is 19.2. The molecule has 0 unspecified atom stereocenters. The van der Waals surface area contributed by atoms with Crippen molar-refractivity contribution in [2.24, 2.45) is 5.41 Å². The molecule has 1 aromatic heterocycles. The molecule has 1 fully saturated rings. The second kappa shape index (κ2) is 7.35. The van der Waals surface area contributed by atoms with E-state index in [4.69, 9.17) is 0 Å². The summed E-state index contributed by atoms with van der Waals surface area (Å²) >= 11 is 0. The lowest BCUT2D eigenvalue weighted by atomic mass is 9.74. The summed E-state index contributed by atoms with van der Waals surface area (Å²) in [6.07, 6.45) is 4.93. The molecule has 6 heteroatoms. The molecule has 2 aliphatic carbocycles. The van der Waals surface area contributed by atoms with Crippen molar-refractivity contribution in [1.82, 2.24) is 15.3 Å². The average molecular weight is 389 g/mol. The second-order valence-corrected chi connectivity index (χ2v) is 8.47. The minimum absolute atomic E-state index is 0.123. The summed E-state index contributed by atoms with van der Waals surface area (Å²) in [4.78, 5) is 46.4. The molecule has 29 heavy (non-hydrogen) atoms. The maximum atomic E-state index is 12.8. The highest BCUT2D eigenvalue weighted by molar-refractivity contribution is 6.11. The summed E-state index contributed by atoms with van der Waals surface area (Å²) in [6, 6.07) is 8.78. The topological polar surface area (TPSA) is 89.0 Å². The molecule has 1 heterocycles. The number of hydrogen-bond donors (Lipinski definition) is 1. The van der Waals surface area contributed by atoms with Crippen LogP contribution in [0.2, 0.25) is 0 Å². The van der Waals surface area contributed by atoms with Crippen LogP contribution in [0.3, 0.4) is 0 Å². The molecule has 1 aromatic carbocycles. The summed E-state index contributed by atoms with van der Waals surface area (Å²) in [5.41, 5.74) is 2.35. The number of nitrogens with zero attached hydrogens (tertiary/aromatic N) is 2. The van der Waals surface area contributed by atoms with E-state index in [9.17, 15) is 14.4 Å². The monoisotopic (exact) mass is 389 g/mol. The summed E-state index contributed by atoms with van der Waals surface area (Å²) in [6.45, 7) is 3.84. The van der Waals surface area contributed by atoms with Crippen molar-refractivity contribution >= 4 is 17.3 Å². The predicted molar refractivity (Wildman–Crippen MR) is 108 cm³/mol. The van der Waals surface area contributed by atoms with Gasteiger partial charge in [-0.25, -0.2) is 9.97 Å². The van der Waals surface area contributed by atoms with Gasteiger partial charge in [-0.3, -0.25) is 14.4 Å². The maximum Gasteiger partial charge on any atom is 0.193 e. The van der Waals surface area contributed by atoms with Crippen molar-refractivity contribution in [3.8, 4) is 11.4 Å². The molecule has 0 radical (unpaired) electrons. The van der Waals surface area contributed by atoms with E-state index >= 15 is 0 Å². The Bertz CT molecular complexity index is 1000. The molecule has 1 saturated carbocycles. The number of carbonyl (C=O) groups excluding carboxylic acids is 3. The smallest absolute Gasteiger partial charge is 0.193 e. The van der Waals surface area contributed by atoms with Crippen LogP contribution in [-0.2, 0) is 16.0 Å². The number of benzene rings is 1. The van der Waals surface area contributed by atoms with Crippen LogP contribution in [-0.4, -0.2) is 33.4 Å². The number of carbonyl (C=O) groups is 3. The van der Waals surface area contributed by atoms with E-state index < -0.39 is 6.04 Å². The third kappa shape index (κ3) is 3.88. The number of rotatable bonds is 3. The van der Waals surface area contributed by atoms with Crippen molar-refractivity contribution in [2.75, 3.05) is 0 Å². The third-order valence-corrected chi connectivity index (χ3v) is 5.44. The lowest BCUT2D eigenvalue weighted by Gasteiger charge is -2.32. The fourth-order valence-corrected chi connectivity index (χ4v) is 3.96. The molecule has 148 valence electrons. The number of allylic oxidation sites excluding steroid dienone is 1. The Morgan fingerprint density at radius 2 is 1.72 bits per heavy atom. The minimum Gasteiger partial charge on any atom is -0.375 e. The molecule has 0 aliphatic heterocycles. The summed E-state index contributed by atoms with van der Waals surface area (Å²) in [5.74, 6) is 0.198. The second-order valence-electron chi connectivity index (χ2n) is 8.47. The number of hydrogen-bond acceptors (Lipinski definition) is 6. The van der Waals surface area contributed by atoms with Gasteiger partial charge in [0.1, 0.15) is 6.04 Å². The van der Waals surface area contributed by atoms with Crippen molar-refractivity contribution in [3.05, 3.63) is 59.6 Å². The van der Waals surface area contributed by atoms with E-state index in [-0.39, 0.29) is 22.8 Å². The molecule has 0 spiro atoms. The van der Waals surface area contributed by atoms with Crippen LogP contribution in [0.1, 0.15) is 49.2 Å². The van der Waals surface area contributed by atoms with Crippen molar-refractivity contribution in [3.63, 3.8) is 0 Å². The Hall–Kier alpha value is -3.15. The number of Topliss-reactive ketones (excluding diaryl/α,β-unsaturated/α-hetero) is 3. The number of aromatic nitrogens is 2. The van der Waals surface area contributed by atoms with Gasteiger partial charge in [0.05, 0.1) is 11.3 Å². The van der Waals surface area contributed by atoms with Gasteiger partial charge in [-0.1, -0.05) is 44.2 Å². The summed E-state index contributed by atoms with van der Waals surface area (Å²) in [7, 11) is 0. The molecular weight excluding hydrogens is 366 g/mol. The Labute approximate surface area is 169 Å². The van der Waals surface area contributed by atoms with Crippen LogP contribution in [0.4, 0.5) is 0 Å². The largest absolute Gasteiger partial charge is 0.375 e. The van der Waals surface area contributed by atoms with Crippen molar-refractivity contribution < 1.29 is 14.4 Å². The lowest BCUT2D eigenvalue weighted by Crippen LogP contribution is -2.48. The van der Waals surface area contributed by atoms with Gasteiger partial charge < -0.3 is 5.32 Å². The van der Waals surface area contributed by atoms with Gasteiger partial charge in [0.2, 0.25) is 0 Å². The molecule has 6 nitrogen and oxygen atoms in total. The minimum atomic E-state index is -0.860. The number of fused-ring (bicyclic) bond motifs is 1. The molecule has 2 aromatic rings. The van der Waals surface area contributed by atoms with Gasteiger partial charge in [0.15, 0.2) is 23.2 Å². The molecule has 4 rings (SSSR count). The summed E-state index contributed by atoms with van der Waals surface area (Å²) < 4.78 is 0. The molecule has 2 aliphatic rings. The predicted octanol–water partition coefficient (Wildman–Crippen LogP) is 3.07. The van der Waals surface area contributed by atoms with E-state index in [1.165, 1.54) is 6.20 Å². The average Bonchev–Trinajstić information content (AvgIpc) is 2.68. The number of nitrogens with one attached hydrogen (secondary N) is 1. The van der Waals surface area contributed by atoms with Crippen LogP contribution < -0.4 is 5.32 Å². The van der Waals surface area contributed by atoms with Gasteiger partial charge in [-0.15, -0.1) is 0 Å². The van der Waals surface area contributed by atoms with E-state index in [1.807, 2.05) is 44.2 Å². The van der Waals surface area contributed by atoms with Gasteiger partial charge in [0.25, 0.3) is 0 Å². The fourth-order valence-electron chi connectivity index (χ4n) is 3.96.